The Kier molecular flexibility index (Phi) is 3.75. The summed E-state index contributed by atoms with van der Waals surface area (Å²) in [6, 6.07) is -0.357. The summed E-state index contributed by atoms with van der Waals surface area (Å²) < 4.78 is 15.2. The van der Waals surface area contributed by atoms with Crippen LogP contribution in [0.1, 0.15) is 11.5 Å². The molecule has 0 spiro atoms. The molecule has 1 aliphatic heterocycles. The first kappa shape index (κ1) is 12.1. The quantitative estimate of drug-likeness (QED) is 0.711. The second kappa shape index (κ2) is 5.29. The van der Waals surface area contributed by atoms with Crippen molar-refractivity contribution in [2.24, 2.45) is 0 Å². The summed E-state index contributed by atoms with van der Waals surface area (Å²) in [5.74, 6) is 0.506. The van der Waals surface area contributed by atoms with Crippen LogP contribution >= 0.6 is 0 Å². The van der Waals surface area contributed by atoms with Crippen molar-refractivity contribution in [1.29, 1.82) is 0 Å². The van der Waals surface area contributed by atoms with Crippen LogP contribution in [-0.2, 0) is 20.8 Å². The highest BCUT2D eigenvalue weighted by atomic mass is 16.5. The van der Waals surface area contributed by atoms with Gasteiger partial charge in [-0.3, -0.25) is 9.69 Å². The number of methoxy groups -OCH3 is 1. The third kappa shape index (κ3) is 2.65. The average Bonchev–Trinajstić information content (AvgIpc) is 2.75. The number of aryl methyl sites for hydroxylation is 1. The smallest absolute Gasteiger partial charge is 0.325 e. The van der Waals surface area contributed by atoms with Crippen molar-refractivity contribution in [2.45, 2.75) is 19.5 Å². The van der Waals surface area contributed by atoms with Crippen molar-refractivity contribution < 1.29 is 18.7 Å². The van der Waals surface area contributed by atoms with Crippen molar-refractivity contribution in [3.8, 4) is 0 Å². The summed E-state index contributed by atoms with van der Waals surface area (Å²) in [6.07, 6.45) is 1.41. The maximum absolute atomic E-state index is 11.6. The Hall–Kier alpha value is -1.40. The summed E-state index contributed by atoms with van der Waals surface area (Å²) in [4.78, 5) is 17.7. The molecule has 2 rings (SSSR count). The van der Waals surface area contributed by atoms with Crippen molar-refractivity contribution in [1.82, 2.24) is 9.88 Å². The van der Waals surface area contributed by atoms with Gasteiger partial charge in [0.15, 0.2) is 6.39 Å². The van der Waals surface area contributed by atoms with Gasteiger partial charge >= 0.3 is 5.97 Å². The molecule has 1 atom stereocenters. The highest BCUT2D eigenvalue weighted by molar-refractivity contribution is 5.75. The molecule has 0 aliphatic carbocycles. The van der Waals surface area contributed by atoms with Gasteiger partial charge in [0, 0.05) is 13.1 Å². The van der Waals surface area contributed by atoms with Gasteiger partial charge in [0.25, 0.3) is 0 Å². The van der Waals surface area contributed by atoms with Gasteiger partial charge in [-0.2, -0.15) is 0 Å². The lowest BCUT2D eigenvalue weighted by atomic mass is 10.2. The van der Waals surface area contributed by atoms with Crippen molar-refractivity contribution in [2.75, 3.05) is 26.9 Å². The largest absolute Gasteiger partial charge is 0.468 e. The Morgan fingerprint density at radius 2 is 2.53 bits per heavy atom. The second-order valence-electron chi connectivity index (χ2n) is 3.94. The molecule has 17 heavy (non-hydrogen) atoms. The van der Waals surface area contributed by atoms with E-state index >= 15 is 0 Å². The highest BCUT2D eigenvalue weighted by Gasteiger charge is 2.30. The molecule has 2 heterocycles. The van der Waals surface area contributed by atoms with E-state index in [-0.39, 0.29) is 12.0 Å². The SMILES string of the molecule is COC(=O)C1COCCN1Cc1ncoc1C. The third-order valence-electron chi connectivity index (χ3n) is 2.91. The minimum Gasteiger partial charge on any atom is -0.468 e. The Bertz CT molecular complexity index is 391. The van der Waals surface area contributed by atoms with E-state index in [1.165, 1.54) is 13.5 Å². The van der Waals surface area contributed by atoms with Gasteiger partial charge < -0.3 is 13.9 Å². The van der Waals surface area contributed by atoms with E-state index < -0.39 is 0 Å². The van der Waals surface area contributed by atoms with E-state index in [2.05, 4.69) is 4.98 Å². The summed E-state index contributed by atoms with van der Waals surface area (Å²) >= 11 is 0. The van der Waals surface area contributed by atoms with Crippen LogP contribution in [0.3, 0.4) is 0 Å². The molecule has 0 radical (unpaired) electrons. The van der Waals surface area contributed by atoms with Crippen LogP contribution in [-0.4, -0.2) is 48.8 Å². The number of ether oxygens (including phenoxy) is 2. The lowest BCUT2D eigenvalue weighted by Gasteiger charge is -2.32. The maximum atomic E-state index is 11.6. The van der Waals surface area contributed by atoms with Crippen molar-refractivity contribution in [3.63, 3.8) is 0 Å². The summed E-state index contributed by atoms with van der Waals surface area (Å²) in [5, 5.41) is 0. The molecule has 1 saturated heterocycles. The van der Waals surface area contributed by atoms with E-state index in [4.69, 9.17) is 13.9 Å². The first-order chi connectivity index (χ1) is 8.22. The Morgan fingerprint density at radius 3 is 3.18 bits per heavy atom. The van der Waals surface area contributed by atoms with Gasteiger partial charge in [0.2, 0.25) is 0 Å². The first-order valence-electron chi connectivity index (χ1n) is 5.51. The van der Waals surface area contributed by atoms with Crippen LogP contribution in [0.25, 0.3) is 0 Å². The number of nitrogens with zero attached hydrogens (tertiary/aromatic N) is 2. The number of carbonyl (C=O) groups is 1. The molecule has 0 bridgehead atoms. The fourth-order valence-electron chi connectivity index (χ4n) is 1.85. The van der Waals surface area contributed by atoms with Gasteiger partial charge in [-0.15, -0.1) is 0 Å². The molecule has 0 saturated carbocycles. The standard InChI is InChI=1S/C11H16N2O4/c1-8-9(12-7-17-8)5-13-3-4-16-6-10(13)11(14)15-2/h7,10H,3-6H2,1-2H3. The van der Waals surface area contributed by atoms with Gasteiger partial charge in [-0.1, -0.05) is 0 Å². The minimum absolute atomic E-state index is 0.272. The van der Waals surface area contributed by atoms with Gasteiger partial charge in [-0.05, 0) is 6.92 Å². The number of morpholine rings is 1. The van der Waals surface area contributed by atoms with E-state index in [9.17, 15) is 4.79 Å². The monoisotopic (exact) mass is 240 g/mol. The van der Waals surface area contributed by atoms with Crippen molar-refractivity contribution >= 4 is 5.97 Å². The molecule has 1 aromatic heterocycles. The topological polar surface area (TPSA) is 64.8 Å². The molecule has 6 heteroatoms. The fraction of sp³-hybridized carbons (Fsp3) is 0.636. The van der Waals surface area contributed by atoms with Crippen LogP contribution < -0.4 is 0 Å². The minimum atomic E-state index is -0.357. The van der Waals surface area contributed by atoms with Crippen LogP contribution in [0.4, 0.5) is 0 Å². The first-order valence-corrected chi connectivity index (χ1v) is 5.51. The summed E-state index contributed by atoms with van der Waals surface area (Å²) in [7, 11) is 1.39. The maximum Gasteiger partial charge on any atom is 0.325 e. The van der Waals surface area contributed by atoms with Gasteiger partial charge in [-0.25, -0.2) is 4.98 Å². The average molecular weight is 240 g/mol. The summed E-state index contributed by atoms with van der Waals surface area (Å²) in [6.45, 7) is 4.10. The zero-order valence-electron chi connectivity index (χ0n) is 10.0. The lowest BCUT2D eigenvalue weighted by molar-refractivity contribution is -0.153. The van der Waals surface area contributed by atoms with E-state index in [1.807, 2.05) is 11.8 Å². The molecule has 1 unspecified atom stereocenters. The normalized spacial score (nSPS) is 21.4. The number of aromatic nitrogens is 1. The van der Waals surface area contributed by atoms with Gasteiger partial charge in [0.1, 0.15) is 11.8 Å². The van der Waals surface area contributed by atoms with Crippen LogP contribution in [0, 0.1) is 6.92 Å². The molecular weight excluding hydrogens is 224 g/mol. The van der Waals surface area contributed by atoms with Crippen molar-refractivity contribution in [3.05, 3.63) is 17.8 Å². The predicted octanol–water partition coefficient (Wildman–Crippen LogP) is 0.357. The molecular formula is C11H16N2O4. The Morgan fingerprint density at radius 1 is 1.71 bits per heavy atom. The molecule has 0 aromatic carbocycles. The van der Waals surface area contributed by atoms with Crippen LogP contribution in [0.2, 0.25) is 0 Å². The van der Waals surface area contributed by atoms with Crippen LogP contribution in [0.5, 0.6) is 0 Å². The number of rotatable bonds is 3. The molecule has 6 nitrogen and oxygen atoms in total. The van der Waals surface area contributed by atoms with E-state index in [0.717, 1.165) is 11.5 Å². The number of esters is 1. The zero-order valence-corrected chi connectivity index (χ0v) is 10.0. The highest BCUT2D eigenvalue weighted by Crippen LogP contribution is 2.14. The Labute approximate surface area is 99.5 Å². The molecule has 1 aliphatic rings. The number of carbonyl (C=O) groups excluding carboxylic acids is 1. The molecule has 94 valence electrons. The van der Waals surface area contributed by atoms with Gasteiger partial charge in [0.05, 0.1) is 26.0 Å². The molecule has 1 fully saturated rings. The van der Waals surface area contributed by atoms with E-state index in [0.29, 0.717) is 26.3 Å². The molecule has 1 aromatic rings. The Balaban J connectivity index is 2.06. The third-order valence-corrected chi connectivity index (χ3v) is 2.91. The second-order valence-corrected chi connectivity index (χ2v) is 3.94. The number of hydrogen-bond acceptors (Lipinski definition) is 6. The van der Waals surface area contributed by atoms with E-state index in [1.54, 1.807) is 0 Å². The lowest BCUT2D eigenvalue weighted by Crippen LogP contribution is -2.49. The number of oxazole rings is 1. The van der Waals surface area contributed by atoms with Crippen LogP contribution in [0.15, 0.2) is 10.8 Å². The summed E-state index contributed by atoms with van der Waals surface area (Å²) in [5.41, 5.74) is 0.848. The fourth-order valence-corrected chi connectivity index (χ4v) is 1.85. The predicted molar refractivity (Wildman–Crippen MR) is 58.3 cm³/mol. The number of hydrogen-bond donors (Lipinski definition) is 0. The molecule has 0 amide bonds. The zero-order chi connectivity index (χ0) is 12.3. The molecule has 0 N–H and O–H groups in total.